The molecule has 3 nitrogen and oxygen atoms in total. The highest BCUT2D eigenvalue weighted by Crippen LogP contribution is 2.36. The van der Waals surface area contributed by atoms with Crippen LogP contribution in [0.1, 0.15) is 56.7 Å². The molecule has 1 N–H and O–H groups in total. The average Bonchev–Trinajstić information content (AvgIpc) is 2.48. The van der Waals surface area contributed by atoms with Gasteiger partial charge in [0.15, 0.2) is 0 Å². The van der Waals surface area contributed by atoms with Crippen LogP contribution in [0.15, 0.2) is 24.3 Å². The summed E-state index contributed by atoms with van der Waals surface area (Å²) in [5.41, 5.74) is 2.81. The van der Waals surface area contributed by atoms with Crippen LogP contribution in [0.5, 0.6) is 0 Å². The summed E-state index contributed by atoms with van der Waals surface area (Å²) in [4.78, 5) is 14.0. The number of likely N-dealkylation sites (N-methyl/N-ethyl adjacent to an activating group) is 1. The molecular formula is C17H26N2O. The zero-order chi connectivity index (χ0) is 14.5. The summed E-state index contributed by atoms with van der Waals surface area (Å²) < 4.78 is 0. The van der Waals surface area contributed by atoms with Crippen LogP contribution in [0.2, 0.25) is 0 Å². The van der Waals surface area contributed by atoms with Gasteiger partial charge in [0.05, 0.1) is 6.54 Å². The number of hydrogen-bond donors (Lipinski definition) is 1. The van der Waals surface area contributed by atoms with E-state index in [1.165, 1.54) is 17.5 Å². The molecule has 0 fully saturated rings. The fourth-order valence-electron chi connectivity index (χ4n) is 3.12. The molecule has 2 unspecified atom stereocenters. The second-order valence-electron chi connectivity index (χ2n) is 5.61. The normalized spacial score (nSPS) is 21.4. The van der Waals surface area contributed by atoms with Crippen LogP contribution in [0, 0.1) is 0 Å². The Morgan fingerprint density at radius 1 is 1.20 bits per heavy atom. The molecule has 1 aliphatic carbocycles. The molecule has 1 amide bonds. The number of nitrogens with one attached hydrogen (secondary N) is 1. The molecule has 2 atom stereocenters. The van der Waals surface area contributed by atoms with Crippen molar-refractivity contribution in [2.24, 2.45) is 0 Å². The van der Waals surface area contributed by atoms with E-state index in [0.717, 1.165) is 19.5 Å². The maximum absolute atomic E-state index is 12.1. The molecule has 20 heavy (non-hydrogen) atoms. The number of rotatable bonds is 5. The van der Waals surface area contributed by atoms with E-state index in [0.29, 0.717) is 18.5 Å². The second-order valence-corrected chi connectivity index (χ2v) is 5.61. The van der Waals surface area contributed by atoms with Crippen molar-refractivity contribution in [1.29, 1.82) is 0 Å². The maximum atomic E-state index is 12.1. The van der Waals surface area contributed by atoms with Crippen molar-refractivity contribution in [3.8, 4) is 0 Å². The van der Waals surface area contributed by atoms with Crippen molar-refractivity contribution in [3.63, 3.8) is 0 Å². The van der Waals surface area contributed by atoms with Crippen LogP contribution < -0.4 is 5.32 Å². The highest BCUT2D eigenvalue weighted by molar-refractivity contribution is 5.78. The monoisotopic (exact) mass is 274 g/mol. The van der Waals surface area contributed by atoms with Gasteiger partial charge in [-0.05, 0) is 43.7 Å². The van der Waals surface area contributed by atoms with Crippen molar-refractivity contribution in [2.75, 3.05) is 19.6 Å². The van der Waals surface area contributed by atoms with E-state index in [9.17, 15) is 4.79 Å². The Labute approximate surface area is 122 Å². The summed E-state index contributed by atoms with van der Waals surface area (Å²) in [6, 6.07) is 8.95. The third-order valence-electron chi connectivity index (χ3n) is 4.41. The van der Waals surface area contributed by atoms with E-state index in [4.69, 9.17) is 0 Å². The predicted octanol–water partition coefficient (Wildman–Crippen LogP) is 3.08. The molecule has 0 aromatic heterocycles. The lowest BCUT2D eigenvalue weighted by Crippen LogP contribution is -2.39. The first kappa shape index (κ1) is 15.0. The largest absolute Gasteiger partial charge is 0.342 e. The minimum Gasteiger partial charge on any atom is -0.342 e. The van der Waals surface area contributed by atoms with Gasteiger partial charge in [-0.2, -0.15) is 0 Å². The Morgan fingerprint density at radius 3 is 2.50 bits per heavy atom. The molecule has 0 spiro atoms. The third-order valence-corrected chi connectivity index (χ3v) is 4.41. The molecule has 3 heteroatoms. The number of benzene rings is 1. The number of nitrogens with zero attached hydrogens (tertiary/aromatic N) is 1. The number of hydrogen-bond acceptors (Lipinski definition) is 2. The Hall–Kier alpha value is -1.35. The van der Waals surface area contributed by atoms with Crippen LogP contribution in [-0.2, 0) is 4.79 Å². The van der Waals surface area contributed by atoms with Gasteiger partial charge in [0.25, 0.3) is 0 Å². The van der Waals surface area contributed by atoms with Gasteiger partial charge >= 0.3 is 0 Å². The maximum Gasteiger partial charge on any atom is 0.236 e. The zero-order valence-corrected chi connectivity index (χ0v) is 12.9. The summed E-state index contributed by atoms with van der Waals surface area (Å²) in [6.45, 7) is 8.35. The summed E-state index contributed by atoms with van der Waals surface area (Å²) in [5, 5.41) is 3.46. The van der Waals surface area contributed by atoms with Crippen molar-refractivity contribution >= 4 is 5.91 Å². The van der Waals surface area contributed by atoms with Crippen molar-refractivity contribution in [2.45, 2.75) is 45.6 Å². The lowest BCUT2D eigenvalue weighted by atomic mass is 9.81. The van der Waals surface area contributed by atoms with E-state index >= 15 is 0 Å². The molecule has 0 aliphatic heterocycles. The number of fused-ring (bicyclic) bond motifs is 1. The predicted molar refractivity (Wildman–Crippen MR) is 82.8 cm³/mol. The highest BCUT2D eigenvalue weighted by Gasteiger charge is 2.24. The first-order chi connectivity index (χ1) is 9.67. The van der Waals surface area contributed by atoms with Crippen LogP contribution in [0.3, 0.4) is 0 Å². The van der Waals surface area contributed by atoms with Crippen LogP contribution in [0.4, 0.5) is 0 Å². The Balaban J connectivity index is 2.01. The minimum absolute atomic E-state index is 0.200. The molecule has 0 saturated carbocycles. The van der Waals surface area contributed by atoms with Gasteiger partial charge in [-0.25, -0.2) is 0 Å². The molecular weight excluding hydrogens is 248 g/mol. The van der Waals surface area contributed by atoms with E-state index in [2.05, 4.69) is 36.5 Å². The molecule has 110 valence electrons. The van der Waals surface area contributed by atoms with Gasteiger partial charge in [-0.1, -0.05) is 31.2 Å². The highest BCUT2D eigenvalue weighted by atomic mass is 16.2. The summed E-state index contributed by atoms with van der Waals surface area (Å²) in [6.07, 6.45) is 2.30. The molecule has 2 rings (SSSR count). The van der Waals surface area contributed by atoms with Crippen molar-refractivity contribution in [1.82, 2.24) is 10.2 Å². The fraction of sp³-hybridized carbons (Fsp3) is 0.588. The average molecular weight is 274 g/mol. The topological polar surface area (TPSA) is 32.3 Å². The molecule has 1 aromatic carbocycles. The SMILES string of the molecule is CCN(CC)C(=O)CNC1CCC(C)c2ccccc21. The Bertz CT molecular complexity index is 454. The summed E-state index contributed by atoms with van der Waals surface area (Å²) in [7, 11) is 0. The van der Waals surface area contributed by atoms with E-state index in [-0.39, 0.29) is 5.91 Å². The van der Waals surface area contributed by atoms with E-state index in [1.54, 1.807) is 0 Å². The van der Waals surface area contributed by atoms with E-state index < -0.39 is 0 Å². The van der Waals surface area contributed by atoms with Crippen LogP contribution in [-0.4, -0.2) is 30.4 Å². The lowest BCUT2D eigenvalue weighted by molar-refractivity contribution is -0.130. The summed E-state index contributed by atoms with van der Waals surface area (Å²) >= 11 is 0. The Morgan fingerprint density at radius 2 is 1.85 bits per heavy atom. The molecule has 0 radical (unpaired) electrons. The molecule has 0 bridgehead atoms. The van der Waals surface area contributed by atoms with Gasteiger partial charge < -0.3 is 10.2 Å². The van der Waals surface area contributed by atoms with Crippen LogP contribution in [0.25, 0.3) is 0 Å². The van der Waals surface area contributed by atoms with E-state index in [1.807, 2.05) is 18.7 Å². The van der Waals surface area contributed by atoms with Gasteiger partial charge in [-0.3, -0.25) is 4.79 Å². The first-order valence-corrected chi connectivity index (χ1v) is 7.77. The van der Waals surface area contributed by atoms with Gasteiger partial charge in [-0.15, -0.1) is 0 Å². The third kappa shape index (κ3) is 3.21. The number of carbonyl (C=O) groups excluding carboxylic acids is 1. The Kier molecular flexibility index (Phi) is 5.18. The molecule has 1 aliphatic rings. The summed E-state index contributed by atoms with van der Waals surface area (Å²) in [5.74, 6) is 0.828. The minimum atomic E-state index is 0.200. The first-order valence-electron chi connectivity index (χ1n) is 7.77. The molecule has 1 aromatic rings. The smallest absolute Gasteiger partial charge is 0.236 e. The van der Waals surface area contributed by atoms with Crippen molar-refractivity contribution in [3.05, 3.63) is 35.4 Å². The second kappa shape index (κ2) is 6.89. The number of amides is 1. The van der Waals surface area contributed by atoms with Gasteiger partial charge in [0, 0.05) is 19.1 Å². The molecule has 0 heterocycles. The van der Waals surface area contributed by atoms with Crippen molar-refractivity contribution < 1.29 is 4.79 Å². The number of carbonyl (C=O) groups is 1. The van der Waals surface area contributed by atoms with Gasteiger partial charge in [0.1, 0.15) is 0 Å². The molecule has 0 saturated heterocycles. The van der Waals surface area contributed by atoms with Crippen LogP contribution >= 0.6 is 0 Å². The standard InChI is InChI=1S/C17H26N2O/c1-4-19(5-2)17(20)12-18-16-11-10-13(3)14-8-6-7-9-15(14)16/h6-9,13,16,18H,4-5,10-12H2,1-3H3. The van der Waals surface area contributed by atoms with Gasteiger partial charge in [0.2, 0.25) is 5.91 Å². The quantitative estimate of drug-likeness (QED) is 0.895. The lowest BCUT2D eigenvalue weighted by Gasteiger charge is -2.31. The zero-order valence-electron chi connectivity index (χ0n) is 12.9. The fourth-order valence-corrected chi connectivity index (χ4v) is 3.12.